The molecule has 1 aromatic carbocycles. The van der Waals surface area contributed by atoms with E-state index >= 15 is 0 Å². The Morgan fingerprint density at radius 2 is 1.94 bits per heavy atom. The first-order chi connectivity index (χ1) is 8.04. The van der Waals surface area contributed by atoms with Gasteiger partial charge in [-0.1, -0.05) is 13.8 Å². The molecule has 0 aromatic heterocycles. The third-order valence-electron chi connectivity index (χ3n) is 2.62. The van der Waals surface area contributed by atoms with Crippen molar-refractivity contribution in [2.75, 3.05) is 13.7 Å². The maximum atomic E-state index is 9.66. The van der Waals surface area contributed by atoms with E-state index in [9.17, 15) is 5.11 Å². The largest absolute Gasteiger partial charge is 0.497 e. The third kappa shape index (κ3) is 4.27. The second-order valence-corrected chi connectivity index (χ2v) is 4.61. The van der Waals surface area contributed by atoms with Crippen LogP contribution in [0, 0.1) is 5.92 Å². The highest BCUT2D eigenvalue weighted by molar-refractivity contribution is 5.41. The van der Waals surface area contributed by atoms with Crippen molar-refractivity contribution in [2.45, 2.75) is 33.3 Å². The highest BCUT2D eigenvalue weighted by Gasteiger charge is 2.10. The van der Waals surface area contributed by atoms with E-state index < -0.39 is 6.10 Å². The van der Waals surface area contributed by atoms with Crippen molar-refractivity contribution in [1.82, 2.24) is 0 Å². The molecule has 3 heteroatoms. The van der Waals surface area contributed by atoms with Crippen molar-refractivity contribution in [3.05, 3.63) is 23.8 Å². The number of rotatable bonds is 6. The van der Waals surface area contributed by atoms with E-state index in [-0.39, 0.29) is 0 Å². The van der Waals surface area contributed by atoms with E-state index in [2.05, 4.69) is 13.8 Å². The zero-order valence-electron chi connectivity index (χ0n) is 11.1. The molecule has 17 heavy (non-hydrogen) atoms. The summed E-state index contributed by atoms with van der Waals surface area (Å²) in [5, 5.41) is 9.66. The average Bonchev–Trinajstić information content (AvgIpc) is 2.28. The fourth-order valence-corrected chi connectivity index (χ4v) is 1.52. The first-order valence-corrected chi connectivity index (χ1v) is 6.03. The second kappa shape index (κ2) is 6.50. The topological polar surface area (TPSA) is 38.7 Å². The van der Waals surface area contributed by atoms with Gasteiger partial charge in [-0.05, 0) is 31.4 Å². The molecule has 0 aliphatic rings. The summed E-state index contributed by atoms with van der Waals surface area (Å²) >= 11 is 0. The van der Waals surface area contributed by atoms with Gasteiger partial charge in [-0.3, -0.25) is 0 Å². The predicted octanol–water partition coefficient (Wildman–Crippen LogP) is 3.17. The number of benzene rings is 1. The van der Waals surface area contributed by atoms with Crippen molar-refractivity contribution in [3.8, 4) is 11.5 Å². The lowest BCUT2D eigenvalue weighted by Gasteiger charge is -2.15. The molecule has 1 N–H and O–H groups in total. The molecule has 0 aliphatic carbocycles. The minimum absolute atomic E-state index is 0.532. The zero-order valence-corrected chi connectivity index (χ0v) is 11.1. The molecule has 1 unspecified atom stereocenters. The molecule has 0 spiro atoms. The molecule has 1 rings (SSSR count). The highest BCUT2D eigenvalue weighted by atomic mass is 16.5. The van der Waals surface area contributed by atoms with Gasteiger partial charge in [-0.25, -0.2) is 0 Å². The lowest BCUT2D eigenvalue weighted by atomic mass is 10.1. The summed E-state index contributed by atoms with van der Waals surface area (Å²) in [5.41, 5.74) is 0.801. The molecule has 96 valence electrons. The van der Waals surface area contributed by atoms with Crippen molar-refractivity contribution in [1.29, 1.82) is 0 Å². The lowest BCUT2D eigenvalue weighted by Crippen LogP contribution is -2.05. The molecular weight excluding hydrogens is 216 g/mol. The smallest absolute Gasteiger partial charge is 0.128 e. The fourth-order valence-electron chi connectivity index (χ4n) is 1.52. The van der Waals surface area contributed by atoms with Crippen LogP contribution >= 0.6 is 0 Å². The van der Waals surface area contributed by atoms with Crippen molar-refractivity contribution < 1.29 is 14.6 Å². The third-order valence-corrected chi connectivity index (χ3v) is 2.62. The van der Waals surface area contributed by atoms with Crippen LogP contribution in [-0.4, -0.2) is 18.8 Å². The molecule has 0 saturated carbocycles. The van der Waals surface area contributed by atoms with Crippen LogP contribution in [0.4, 0.5) is 0 Å². The summed E-state index contributed by atoms with van der Waals surface area (Å²) in [4.78, 5) is 0. The maximum Gasteiger partial charge on any atom is 0.128 e. The van der Waals surface area contributed by atoms with Crippen LogP contribution in [0.1, 0.15) is 38.9 Å². The number of aliphatic hydroxyl groups is 1. The number of aliphatic hydroxyl groups excluding tert-OH is 1. The van der Waals surface area contributed by atoms with Gasteiger partial charge in [0.15, 0.2) is 0 Å². The Morgan fingerprint density at radius 3 is 2.47 bits per heavy atom. The first kappa shape index (κ1) is 13.8. The molecule has 0 heterocycles. The van der Waals surface area contributed by atoms with Crippen LogP contribution in [0.15, 0.2) is 18.2 Å². The summed E-state index contributed by atoms with van der Waals surface area (Å²) in [7, 11) is 1.62. The fraction of sp³-hybridized carbons (Fsp3) is 0.571. The number of methoxy groups -OCH3 is 1. The summed E-state index contributed by atoms with van der Waals surface area (Å²) in [5.74, 6) is 2.06. The second-order valence-electron chi connectivity index (χ2n) is 4.61. The van der Waals surface area contributed by atoms with Gasteiger partial charge in [0.25, 0.3) is 0 Å². The van der Waals surface area contributed by atoms with Crippen molar-refractivity contribution >= 4 is 0 Å². The predicted molar refractivity (Wildman–Crippen MR) is 68.6 cm³/mol. The van der Waals surface area contributed by atoms with Crippen LogP contribution < -0.4 is 9.47 Å². The lowest BCUT2D eigenvalue weighted by molar-refractivity contribution is 0.189. The van der Waals surface area contributed by atoms with E-state index in [1.54, 1.807) is 14.0 Å². The molecule has 1 aromatic rings. The molecule has 3 nitrogen and oxygen atoms in total. The molecule has 0 amide bonds. The average molecular weight is 238 g/mol. The van der Waals surface area contributed by atoms with Crippen LogP contribution in [0.25, 0.3) is 0 Å². The van der Waals surface area contributed by atoms with Crippen LogP contribution in [0.3, 0.4) is 0 Å². The number of ether oxygens (including phenoxy) is 2. The van der Waals surface area contributed by atoms with Crippen molar-refractivity contribution in [2.24, 2.45) is 5.92 Å². The summed E-state index contributed by atoms with van der Waals surface area (Å²) in [6.45, 7) is 6.71. The molecular formula is C14H22O3. The van der Waals surface area contributed by atoms with Crippen LogP contribution in [-0.2, 0) is 0 Å². The van der Waals surface area contributed by atoms with E-state index in [4.69, 9.17) is 9.47 Å². The van der Waals surface area contributed by atoms with Crippen molar-refractivity contribution in [3.63, 3.8) is 0 Å². The normalized spacial score (nSPS) is 12.6. The Bertz CT molecular complexity index is 345. The Hall–Kier alpha value is -1.22. The highest BCUT2D eigenvalue weighted by Crippen LogP contribution is 2.29. The van der Waals surface area contributed by atoms with Gasteiger partial charge in [0.2, 0.25) is 0 Å². The molecule has 0 radical (unpaired) electrons. The Kier molecular flexibility index (Phi) is 5.29. The zero-order chi connectivity index (χ0) is 12.8. The quantitative estimate of drug-likeness (QED) is 0.827. The first-order valence-electron chi connectivity index (χ1n) is 6.03. The van der Waals surface area contributed by atoms with Crippen LogP contribution in [0.2, 0.25) is 0 Å². The van der Waals surface area contributed by atoms with E-state index in [0.29, 0.717) is 18.3 Å². The van der Waals surface area contributed by atoms with Gasteiger partial charge in [-0.15, -0.1) is 0 Å². The number of hydrogen-bond acceptors (Lipinski definition) is 3. The number of hydrogen-bond donors (Lipinski definition) is 1. The van der Waals surface area contributed by atoms with E-state index in [1.165, 1.54) is 0 Å². The van der Waals surface area contributed by atoms with Crippen LogP contribution in [0.5, 0.6) is 11.5 Å². The Labute approximate surface area is 103 Å². The molecule has 1 atom stereocenters. The monoisotopic (exact) mass is 238 g/mol. The van der Waals surface area contributed by atoms with Gasteiger partial charge >= 0.3 is 0 Å². The van der Waals surface area contributed by atoms with Gasteiger partial charge in [0.05, 0.1) is 19.8 Å². The molecule has 0 aliphatic heterocycles. The molecule has 0 saturated heterocycles. The van der Waals surface area contributed by atoms with E-state index in [0.717, 1.165) is 17.7 Å². The minimum Gasteiger partial charge on any atom is -0.497 e. The SMILES string of the molecule is COc1ccc(C(C)O)c(OCCC(C)C)c1. The summed E-state index contributed by atoms with van der Waals surface area (Å²) < 4.78 is 10.9. The molecule has 0 fully saturated rings. The molecule has 0 bridgehead atoms. The summed E-state index contributed by atoms with van der Waals surface area (Å²) in [6.07, 6.45) is 0.464. The standard InChI is InChI=1S/C14H22O3/c1-10(2)7-8-17-14-9-12(16-4)5-6-13(14)11(3)15/h5-6,9-11,15H,7-8H2,1-4H3. The maximum absolute atomic E-state index is 9.66. The van der Waals surface area contributed by atoms with Gasteiger partial charge < -0.3 is 14.6 Å². The minimum atomic E-state index is -0.532. The van der Waals surface area contributed by atoms with E-state index in [1.807, 2.05) is 18.2 Å². The Morgan fingerprint density at radius 1 is 1.24 bits per heavy atom. The van der Waals surface area contributed by atoms with Gasteiger partial charge in [0.1, 0.15) is 11.5 Å². The van der Waals surface area contributed by atoms with Gasteiger partial charge in [0, 0.05) is 11.6 Å². The summed E-state index contributed by atoms with van der Waals surface area (Å²) in [6, 6.07) is 5.49. The van der Waals surface area contributed by atoms with Gasteiger partial charge in [-0.2, -0.15) is 0 Å². The Balaban J connectivity index is 2.78.